The molecule has 1 aromatic carbocycles. The average molecular weight is 212 g/mol. The predicted octanol–water partition coefficient (Wildman–Crippen LogP) is 3.14. The molecular weight excluding hydrogens is 196 g/mol. The van der Waals surface area contributed by atoms with Gasteiger partial charge in [-0.25, -0.2) is 4.21 Å². The topological polar surface area (TPSA) is 37.3 Å². The molecule has 0 aliphatic heterocycles. The van der Waals surface area contributed by atoms with E-state index in [-0.39, 0.29) is 5.25 Å². The van der Waals surface area contributed by atoms with Crippen molar-refractivity contribution in [2.24, 2.45) is 0 Å². The summed E-state index contributed by atoms with van der Waals surface area (Å²) in [6, 6.07) is 9.55. The SMILES string of the molecule is CCCCC(c1ccccc1)S(=O)O. The van der Waals surface area contributed by atoms with Gasteiger partial charge in [-0.15, -0.1) is 0 Å². The first-order chi connectivity index (χ1) is 6.75. The van der Waals surface area contributed by atoms with Crippen LogP contribution in [0.3, 0.4) is 0 Å². The van der Waals surface area contributed by atoms with E-state index in [4.69, 9.17) is 4.55 Å². The smallest absolute Gasteiger partial charge is 0.160 e. The Morgan fingerprint density at radius 1 is 1.36 bits per heavy atom. The van der Waals surface area contributed by atoms with Crippen molar-refractivity contribution >= 4 is 11.1 Å². The maximum atomic E-state index is 11.1. The van der Waals surface area contributed by atoms with Crippen LogP contribution in [0.2, 0.25) is 0 Å². The lowest BCUT2D eigenvalue weighted by Gasteiger charge is -2.12. The van der Waals surface area contributed by atoms with Crippen LogP contribution in [0.25, 0.3) is 0 Å². The molecule has 78 valence electrons. The molecule has 3 heteroatoms. The predicted molar refractivity (Wildman–Crippen MR) is 59.5 cm³/mol. The van der Waals surface area contributed by atoms with Crippen LogP contribution in [0.1, 0.15) is 37.0 Å². The quantitative estimate of drug-likeness (QED) is 0.761. The van der Waals surface area contributed by atoms with E-state index < -0.39 is 11.1 Å². The second kappa shape index (κ2) is 5.94. The van der Waals surface area contributed by atoms with Gasteiger partial charge in [-0.1, -0.05) is 50.1 Å². The molecular formula is C11H16O2S. The van der Waals surface area contributed by atoms with Gasteiger partial charge in [0.2, 0.25) is 0 Å². The Balaban J connectivity index is 2.73. The molecule has 0 fully saturated rings. The van der Waals surface area contributed by atoms with Gasteiger partial charge in [0.15, 0.2) is 11.1 Å². The van der Waals surface area contributed by atoms with Gasteiger partial charge in [0.25, 0.3) is 0 Å². The number of hydrogen-bond acceptors (Lipinski definition) is 1. The average Bonchev–Trinajstić information content (AvgIpc) is 2.19. The van der Waals surface area contributed by atoms with E-state index >= 15 is 0 Å². The molecule has 0 aromatic heterocycles. The van der Waals surface area contributed by atoms with Crippen molar-refractivity contribution < 1.29 is 8.76 Å². The zero-order valence-corrected chi connectivity index (χ0v) is 9.17. The second-order valence-electron chi connectivity index (χ2n) is 3.32. The normalized spacial score (nSPS) is 15.0. The fraction of sp³-hybridized carbons (Fsp3) is 0.455. The van der Waals surface area contributed by atoms with Gasteiger partial charge in [0.1, 0.15) is 0 Å². The van der Waals surface area contributed by atoms with E-state index in [1.165, 1.54) is 0 Å². The molecule has 2 nitrogen and oxygen atoms in total. The van der Waals surface area contributed by atoms with Crippen molar-refractivity contribution in [3.8, 4) is 0 Å². The minimum atomic E-state index is -1.76. The van der Waals surface area contributed by atoms with Gasteiger partial charge < -0.3 is 4.55 Å². The maximum Gasteiger partial charge on any atom is 0.160 e. The lowest BCUT2D eigenvalue weighted by atomic mass is 10.1. The zero-order chi connectivity index (χ0) is 10.4. The summed E-state index contributed by atoms with van der Waals surface area (Å²) in [5.74, 6) is 0. The standard InChI is InChI=1S/C11H16O2S/c1-2-3-9-11(14(12)13)10-7-5-4-6-8-10/h4-8,11H,2-3,9H2,1H3,(H,12,13). The molecule has 0 amide bonds. The molecule has 1 rings (SSSR count). The van der Waals surface area contributed by atoms with Gasteiger partial charge >= 0.3 is 0 Å². The van der Waals surface area contributed by atoms with E-state index in [2.05, 4.69) is 6.92 Å². The molecule has 0 saturated heterocycles. The Bertz CT molecular complexity index is 285. The largest absolute Gasteiger partial charge is 0.306 e. The molecule has 1 N–H and O–H groups in total. The van der Waals surface area contributed by atoms with Crippen LogP contribution in [-0.4, -0.2) is 8.76 Å². The lowest BCUT2D eigenvalue weighted by molar-refractivity contribution is 0.538. The summed E-state index contributed by atoms with van der Waals surface area (Å²) in [6.07, 6.45) is 2.83. The van der Waals surface area contributed by atoms with Gasteiger partial charge in [-0.3, -0.25) is 0 Å². The summed E-state index contributed by atoms with van der Waals surface area (Å²) in [6.45, 7) is 2.09. The number of rotatable bonds is 5. The first kappa shape index (κ1) is 11.4. The number of unbranched alkanes of at least 4 members (excludes halogenated alkanes) is 1. The van der Waals surface area contributed by atoms with Crippen LogP contribution in [0.15, 0.2) is 30.3 Å². The van der Waals surface area contributed by atoms with Gasteiger partial charge in [-0.05, 0) is 12.0 Å². The number of hydrogen-bond donors (Lipinski definition) is 1. The highest BCUT2D eigenvalue weighted by molar-refractivity contribution is 7.79. The zero-order valence-electron chi connectivity index (χ0n) is 8.35. The van der Waals surface area contributed by atoms with Crippen LogP contribution in [-0.2, 0) is 11.1 Å². The van der Waals surface area contributed by atoms with Crippen molar-refractivity contribution in [3.05, 3.63) is 35.9 Å². The van der Waals surface area contributed by atoms with E-state index in [1.54, 1.807) is 0 Å². The Kier molecular flexibility index (Phi) is 4.84. The third-order valence-corrected chi connectivity index (χ3v) is 3.23. The van der Waals surface area contributed by atoms with Gasteiger partial charge in [0, 0.05) is 0 Å². The summed E-state index contributed by atoms with van der Waals surface area (Å²) < 4.78 is 20.3. The third-order valence-electron chi connectivity index (χ3n) is 2.23. The molecule has 0 spiro atoms. The second-order valence-corrected chi connectivity index (χ2v) is 4.44. The fourth-order valence-electron chi connectivity index (χ4n) is 1.44. The van der Waals surface area contributed by atoms with Crippen molar-refractivity contribution in [1.29, 1.82) is 0 Å². The van der Waals surface area contributed by atoms with Crippen LogP contribution in [0.4, 0.5) is 0 Å². The van der Waals surface area contributed by atoms with Crippen LogP contribution < -0.4 is 0 Å². The monoisotopic (exact) mass is 212 g/mol. The van der Waals surface area contributed by atoms with Crippen molar-refractivity contribution in [2.45, 2.75) is 31.4 Å². The lowest BCUT2D eigenvalue weighted by Crippen LogP contribution is -2.05. The summed E-state index contributed by atoms with van der Waals surface area (Å²) in [4.78, 5) is 0. The Morgan fingerprint density at radius 3 is 2.50 bits per heavy atom. The van der Waals surface area contributed by atoms with Crippen molar-refractivity contribution in [3.63, 3.8) is 0 Å². The minimum Gasteiger partial charge on any atom is -0.306 e. The molecule has 0 bridgehead atoms. The molecule has 0 aliphatic carbocycles. The molecule has 0 radical (unpaired) electrons. The number of benzene rings is 1. The van der Waals surface area contributed by atoms with Crippen LogP contribution in [0, 0.1) is 0 Å². The highest BCUT2D eigenvalue weighted by Gasteiger charge is 2.16. The molecule has 0 heterocycles. The van der Waals surface area contributed by atoms with E-state index in [0.29, 0.717) is 0 Å². The van der Waals surface area contributed by atoms with Crippen molar-refractivity contribution in [2.75, 3.05) is 0 Å². The molecule has 2 atom stereocenters. The van der Waals surface area contributed by atoms with Crippen LogP contribution >= 0.6 is 0 Å². The molecule has 0 saturated carbocycles. The Labute approximate surface area is 87.6 Å². The fourth-order valence-corrected chi connectivity index (χ4v) is 2.20. The Morgan fingerprint density at radius 2 is 2.00 bits per heavy atom. The van der Waals surface area contributed by atoms with E-state index in [9.17, 15) is 4.21 Å². The summed E-state index contributed by atoms with van der Waals surface area (Å²) in [5, 5.41) is -0.226. The van der Waals surface area contributed by atoms with E-state index in [1.807, 2.05) is 30.3 Å². The minimum absolute atomic E-state index is 0.226. The first-order valence-electron chi connectivity index (χ1n) is 4.90. The molecule has 1 aromatic rings. The third kappa shape index (κ3) is 3.24. The molecule has 0 aliphatic rings. The highest BCUT2D eigenvalue weighted by atomic mass is 32.2. The Hall–Kier alpha value is -0.670. The summed E-state index contributed by atoms with van der Waals surface area (Å²) in [5.41, 5.74) is 0.960. The maximum absolute atomic E-state index is 11.1. The summed E-state index contributed by atoms with van der Waals surface area (Å²) >= 11 is -1.76. The van der Waals surface area contributed by atoms with Crippen molar-refractivity contribution in [1.82, 2.24) is 0 Å². The summed E-state index contributed by atoms with van der Waals surface area (Å²) in [7, 11) is 0. The van der Waals surface area contributed by atoms with Gasteiger partial charge in [0.05, 0.1) is 5.25 Å². The molecule has 14 heavy (non-hydrogen) atoms. The first-order valence-corrected chi connectivity index (χ1v) is 6.07. The highest BCUT2D eigenvalue weighted by Crippen LogP contribution is 2.24. The van der Waals surface area contributed by atoms with E-state index in [0.717, 1.165) is 24.8 Å². The molecule has 2 unspecified atom stereocenters. The van der Waals surface area contributed by atoms with Crippen LogP contribution in [0.5, 0.6) is 0 Å². The van der Waals surface area contributed by atoms with Gasteiger partial charge in [-0.2, -0.15) is 0 Å².